The normalized spacial score (nSPS) is 14.3. The number of halogens is 1. The standard InChI is InChI=1S/C27H23ClN2O5S/c1-17-3-10-21(11-4-17)29-25(31)15-30-26(32)24(36-27(30)33)14-19-7-12-22(23(13-19)34-2)35-16-18-5-8-20(28)9-6-18/h3-14H,15-16H2,1-2H3,(H,29,31)/b24-14+. The highest BCUT2D eigenvalue weighted by Crippen LogP contribution is 2.34. The topological polar surface area (TPSA) is 84.9 Å². The van der Waals surface area contributed by atoms with Gasteiger partial charge in [-0.25, -0.2) is 0 Å². The van der Waals surface area contributed by atoms with Gasteiger partial charge in [0.15, 0.2) is 11.5 Å². The molecule has 0 radical (unpaired) electrons. The van der Waals surface area contributed by atoms with Crippen molar-refractivity contribution in [3.63, 3.8) is 0 Å². The van der Waals surface area contributed by atoms with Gasteiger partial charge in [-0.2, -0.15) is 0 Å². The number of benzene rings is 3. The number of imide groups is 1. The van der Waals surface area contributed by atoms with Crippen LogP contribution in [-0.2, 0) is 16.2 Å². The van der Waals surface area contributed by atoms with E-state index >= 15 is 0 Å². The number of rotatable bonds is 8. The zero-order chi connectivity index (χ0) is 25.7. The monoisotopic (exact) mass is 522 g/mol. The molecular formula is C27H23ClN2O5S. The van der Waals surface area contributed by atoms with E-state index in [1.165, 1.54) is 7.11 Å². The fourth-order valence-electron chi connectivity index (χ4n) is 3.40. The van der Waals surface area contributed by atoms with Crippen LogP contribution >= 0.6 is 23.4 Å². The van der Waals surface area contributed by atoms with E-state index in [4.69, 9.17) is 21.1 Å². The fraction of sp³-hybridized carbons (Fsp3) is 0.148. The Morgan fingerprint density at radius 1 is 1.03 bits per heavy atom. The molecule has 1 N–H and O–H groups in total. The second-order valence-corrected chi connectivity index (χ2v) is 9.44. The Bertz CT molecular complexity index is 1320. The molecule has 1 saturated heterocycles. The van der Waals surface area contributed by atoms with E-state index in [2.05, 4.69) is 5.32 Å². The van der Waals surface area contributed by atoms with Crippen molar-refractivity contribution in [2.45, 2.75) is 13.5 Å². The predicted molar refractivity (Wildman–Crippen MR) is 141 cm³/mol. The summed E-state index contributed by atoms with van der Waals surface area (Å²) in [4.78, 5) is 38.8. The van der Waals surface area contributed by atoms with Gasteiger partial charge in [0, 0.05) is 10.7 Å². The van der Waals surface area contributed by atoms with Crippen molar-refractivity contribution in [3.05, 3.63) is 93.3 Å². The number of thioether (sulfide) groups is 1. The van der Waals surface area contributed by atoms with E-state index in [1.807, 2.05) is 31.2 Å². The average Bonchev–Trinajstić information content (AvgIpc) is 3.12. The number of carbonyl (C=O) groups excluding carboxylic acids is 3. The molecule has 184 valence electrons. The summed E-state index contributed by atoms with van der Waals surface area (Å²) in [7, 11) is 1.52. The molecule has 0 saturated carbocycles. The molecule has 36 heavy (non-hydrogen) atoms. The van der Waals surface area contributed by atoms with Crippen LogP contribution in [0.15, 0.2) is 71.6 Å². The van der Waals surface area contributed by atoms with Gasteiger partial charge in [0.05, 0.1) is 12.0 Å². The lowest BCUT2D eigenvalue weighted by Gasteiger charge is -2.13. The van der Waals surface area contributed by atoms with E-state index in [0.29, 0.717) is 34.4 Å². The van der Waals surface area contributed by atoms with Gasteiger partial charge in [0.2, 0.25) is 5.91 Å². The molecule has 4 rings (SSSR count). The maximum absolute atomic E-state index is 12.8. The molecular weight excluding hydrogens is 500 g/mol. The van der Waals surface area contributed by atoms with Crippen LogP contribution < -0.4 is 14.8 Å². The van der Waals surface area contributed by atoms with E-state index in [-0.39, 0.29) is 11.4 Å². The van der Waals surface area contributed by atoms with E-state index < -0.39 is 17.1 Å². The second-order valence-electron chi connectivity index (χ2n) is 8.01. The summed E-state index contributed by atoms with van der Waals surface area (Å²) in [5.74, 6) is 0.0391. The highest BCUT2D eigenvalue weighted by atomic mass is 35.5. The Morgan fingerprint density at radius 2 is 1.75 bits per heavy atom. The lowest BCUT2D eigenvalue weighted by molar-refractivity contribution is -0.127. The van der Waals surface area contributed by atoms with Crippen LogP contribution in [0.2, 0.25) is 5.02 Å². The van der Waals surface area contributed by atoms with Gasteiger partial charge in [0.25, 0.3) is 11.1 Å². The number of hydrogen-bond acceptors (Lipinski definition) is 6. The molecule has 7 nitrogen and oxygen atoms in total. The Kier molecular flexibility index (Phi) is 7.97. The van der Waals surface area contributed by atoms with Crippen molar-refractivity contribution < 1.29 is 23.9 Å². The van der Waals surface area contributed by atoms with Crippen molar-refractivity contribution in [1.82, 2.24) is 4.90 Å². The molecule has 0 unspecified atom stereocenters. The van der Waals surface area contributed by atoms with Gasteiger partial charge >= 0.3 is 0 Å². The Labute approximate surface area is 218 Å². The molecule has 0 aromatic heterocycles. The molecule has 1 fully saturated rings. The molecule has 0 atom stereocenters. The van der Waals surface area contributed by atoms with Crippen LogP contribution in [-0.4, -0.2) is 35.6 Å². The summed E-state index contributed by atoms with van der Waals surface area (Å²) in [5.41, 5.74) is 3.26. The van der Waals surface area contributed by atoms with Crippen LogP contribution in [0.1, 0.15) is 16.7 Å². The summed E-state index contributed by atoms with van der Waals surface area (Å²) in [6.45, 7) is 1.91. The van der Waals surface area contributed by atoms with Crippen molar-refractivity contribution >= 4 is 52.2 Å². The summed E-state index contributed by atoms with van der Waals surface area (Å²) >= 11 is 6.71. The molecule has 0 aliphatic carbocycles. The van der Waals surface area contributed by atoms with Crippen LogP contribution in [0, 0.1) is 6.92 Å². The highest BCUT2D eigenvalue weighted by Gasteiger charge is 2.36. The maximum atomic E-state index is 12.8. The van der Waals surface area contributed by atoms with E-state index in [9.17, 15) is 14.4 Å². The summed E-state index contributed by atoms with van der Waals surface area (Å²) in [5, 5.41) is 2.85. The van der Waals surface area contributed by atoms with Gasteiger partial charge < -0.3 is 14.8 Å². The Balaban J connectivity index is 1.42. The molecule has 1 heterocycles. The number of nitrogens with zero attached hydrogens (tertiary/aromatic N) is 1. The largest absolute Gasteiger partial charge is 0.493 e. The van der Waals surface area contributed by atoms with Gasteiger partial charge in [-0.3, -0.25) is 19.3 Å². The second kappa shape index (κ2) is 11.3. The van der Waals surface area contributed by atoms with Gasteiger partial charge in [-0.1, -0.05) is 47.5 Å². The molecule has 9 heteroatoms. The van der Waals surface area contributed by atoms with Crippen molar-refractivity contribution in [3.8, 4) is 11.5 Å². The van der Waals surface area contributed by atoms with Crippen molar-refractivity contribution in [2.75, 3.05) is 19.0 Å². The predicted octanol–water partition coefficient (Wildman–Crippen LogP) is 5.91. The Morgan fingerprint density at radius 3 is 2.44 bits per heavy atom. The van der Waals surface area contributed by atoms with Crippen molar-refractivity contribution in [2.24, 2.45) is 0 Å². The highest BCUT2D eigenvalue weighted by molar-refractivity contribution is 8.18. The molecule has 1 aliphatic heterocycles. The molecule has 3 aromatic carbocycles. The average molecular weight is 523 g/mol. The van der Waals surface area contributed by atoms with E-state index in [0.717, 1.165) is 27.8 Å². The van der Waals surface area contributed by atoms with Gasteiger partial charge in [-0.05, 0) is 72.3 Å². The van der Waals surface area contributed by atoms with Gasteiger partial charge in [-0.15, -0.1) is 0 Å². The first-order chi connectivity index (χ1) is 17.3. The summed E-state index contributed by atoms with van der Waals surface area (Å²) in [6, 6.07) is 19.8. The number of hydrogen-bond donors (Lipinski definition) is 1. The number of methoxy groups -OCH3 is 1. The van der Waals surface area contributed by atoms with Crippen LogP contribution in [0.4, 0.5) is 10.5 Å². The first-order valence-corrected chi connectivity index (χ1v) is 12.2. The quantitative estimate of drug-likeness (QED) is 0.370. The lowest BCUT2D eigenvalue weighted by atomic mass is 10.1. The van der Waals surface area contributed by atoms with Crippen LogP contribution in [0.3, 0.4) is 0 Å². The summed E-state index contributed by atoms with van der Waals surface area (Å²) < 4.78 is 11.3. The third-order valence-corrected chi connectivity index (χ3v) is 6.46. The lowest BCUT2D eigenvalue weighted by Crippen LogP contribution is -2.36. The minimum absolute atomic E-state index is 0.222. The third kappa shape index (κ3) is 6.27. The number of nitrogens with one attached hydrogen (secondary N) is 1. The number of ether oxygens (including phenoxy) is 2. The number of amides is 3. The molecule has 1 aliphatic rings. The SMILES string of the molecule is COc1cc(/C=C2/SC(=O)N(CC(=O)Nc3ccc(C)cc3)C2=O)ccc1OCc1ccc(Cl)cc1. The van der Waals surface area contributed by atoms with E-state index in [1.54, 1.807) is 48.5 Å². The summed E-state index contributed by atoms with van der Waals surface area (Å²) in [6.07, 6.45) is 1.59. The minimum atomic E-state index is -0.522. The molecule has 0 bridgehead atoms. The van der Waals surface area contributed by atoms with Crippen molar-refractivity contribution in [1.29, 1.82) is 0 Å². The first kappa shape index (κ1) is 25.3. The zero-order valence-corrected chi connectivity index (χ0v) is 21.2. The number of aryl methyl sites for hydroxylation is 1. The van der Waals surface area contributed by atoms with Crippen LogP contribution in [0.5, 0.6) is 11.5 Å². The first-order valence-electron chi connectivity index (χ1n) is 11.0. The number of carbonyl (C=O) groups is 3. The fourth-order valence-corrected chi connectivity index (χ4v) is 4.37. The zero-order valence-electron chi connectivity index (χ0n) is 19.6. The smallest absolute Gasteiger partial charge is 0.294 e. The maximum Gasteiger partial charge on any atom is 0.294 e. The van der Waals surface area contributed by atoms with Crippen LogP contribution in [0.25, 0.3) is 6.08 Å². The molecule has 0 spiro atoms. The molecule has 3 aromatic rings. The van der Waals surface area contributed by atoms with Gasteiger partial charge in [0.1, 0.15) is 13.2 Å². The minimum Gasteiger partial charge on any atom is -0.493 e. The number of anilines is 1. The Hall–Kier alpha value is -3.75. The third-order valence-electron chi connectivity index (χ3n) is 5.30. The molecule has 3 amide bonds.